The van der Waals surface area contributed by atoms with E-state index in [-0.39, 0.29) is 4.90 Å². The normalized spacial score (nSPS) is 18.9. The van der Waals surface area contributed by atoms with Gasteiger partial charge in [-0.2, -0.15) is 0 Å². The Balaban J connectivity index is 1.93. The van der Waals surface area contributed by atoms with E-state index in [1.807, 2.05) is 36.5 Å². The van der Waals surface area contributed by atoms with Crippen LogP contribution in [0.1, 0.15) is 17.9 Å². The van der Waals surface area contributed by atoms with Crippen molar-refractivity contribution in [2.75, 3.05) is 20.1 Å². The fourth-order valence-corrected chi connectivity index (χ4v) is 5.99. The first-order valence-corrected chi connectivity index (χ1v) is 10.5. The van der Waals surface area contributed by atoms with Gasteiger partial charge in [-0.3, -0.25) is 0 Å². The molecule has 0 bridgehead atoms. The molecule has 1 aliphatic heterocycles. The molecule has 1 aliphatic rings. The Morgan fingerprint density at radius 1 is 1.08 bits per heavy atom. The van der Waals surface area contributed by atoms with E-state index in [1.54, 1.807) is 18.2 Å². The summed E-state index contributed by atoms with van der Waals surface area (Å²) in [5, 5.41) is 1.03. The highest BCUT2D eigenvalue weighted by Gasteiger charge is 2.28. The van der Waals surface area contributed by atoms with Crippen LogP contribution in [-0.2, 0) is 10.0 Å². The molecule has 0 unspecified atom stereocenters. The average Bonchev–Trinajstić information content (AvgIpc) is 3.19. The quantitative estimate of drug-likeness (QED) is 0.643. The lowest BCUT2D eigenvalue weighted by Gasteiger charge is -2.10. The zero-order valence-electron chi connectivity index (χ0n) is 13.9. The Labute approximate surface area is 156 Å². The van der Waals surface area contributed by atoms with Crippen LogP contribution in [0.25, 0.3) is 10.9 Å². The van der Waals surface area contributed by atoms with Crippen molar-refractivity contribution < 1.29 is 8.42 Å². The highest BCUT2D eigenvalue weighted by Crippen LogP contribution is 2.35. The van der Waals surface area contributed by atoms with Crippen molar-refractivity contribution in [3.63, 3.8) is 0 Å². The monoisotopic (exact) mass is 418 g/mol. The van der Waals surface area contributed by atoms with Crippen LogP contribution in [0.4, 0.5) is 0 Å². The number of likely N-dealkylation sites (N-methyl/N-ethyl adjacent to an activating group) is 1. The molecule has 3 aromatic rings. The molecule has 0 N–H and O–H groups in total. The molecule has 1 atom stereocenters. The van der Waals surface area contributed by atoms with Gasteiger partial charge in [-0.1, -0.05) is 30.3 Å². The fourth-order valence-electron chi connectivity index (χ4n) is 3.65. The molecule has 2 heterocycles. The molecule has 4 rings (SSSR count). The van der Waals surface area contributed by atoms with Crippen molar-refractivity contribution in [1.82, 2.24) is 8.87 Å². The summed E-state index contributed by atoms with van der Waals surface area (Å²) in [6, 6.07) is 14.7. The molecule has 6 heteroatoms. The first-order valence-electron chi connectivity index (χ1n) is 8.27. The molecular formula is C19H19BrN2O2S. The molecule has 0 amide bonds. The highest BCUT2D eigenvalue weighted by atomic mass is 79.9. The van der Waals surface area contributed by atoms with Crippen molar-refractivity contribution in [1.29, 1.82) is 0 Å². The Bertz CT molecular complexity index is 1040. The molecule has 25 heavy (non-hydrogen) atoms. The summed E-state index contributed by atoms with van der Waals surface area (Å²) in [6.45, 7) is 2.00. The first-order chi connectivity index (χ1) is 12.0. The SMILES string of the molecule is CN1CC[C@@H](c2cn(S(=O)(=O)c3ccccc3Br)c3ccccc23)C1. The molecule has 0 aliphatic carbocycles. The maximum Gasteiger partial charge on any atom is 0.269 e. The number of rotatable bonds is 3. The molecule has 130 valence electrons. The van der Waals surface area contributed by atoms with E-state index in [9.17, 15) is 8.42 Å². The number of likely N-dealkylation sites (tertiary alicyclic amines) is 1. The van der Waals surface area contributed by atoms with Crippen LogP contribution in [0.3, 0.4) is 0 Å². The van der Waals surface area contributed by atoms with Crippen molar-refractivity contribution in [2.45, 2.75) is 17.2 Å². The Morgan fingerprint density at radius 3 is 2.52 bits per heavy atom. The standard InChI is InChI=1S/C19H19BrN2O2S/c1-21-11-10-14(12-21)16-13-22(18-8-4-2-6-15(16)18)25(23,24)19-9-5-3-7-17(19)20/h2-9,13-14H,10-12H2,1H3/t14-/m1/s1. The molecule has 1 aromatic heterocycles. The second kappa shape index (κ2) is 6.27. The third-order valence-corrected chi connectivity index (χ3v) is 7.60. The molecule has 0 saturated carbocycles. The number of para-hydroxylation sites is 1. The van der Waals surface area contributed by atoms with Gasteiger partial charge >= 0.3 is 0 Å². The Kier molecular flexibility index (Phi) is 4.22. The minimum absolute atomic E-state index is 0.283. The second-order valence-electron chi connectivity index (χ2n) is 6.58. The lowest BCUT2D eigenvalue weighted by atomic mass is 9.98. The van der Waals surface area contributed by atoms with Gasteiger partial charge in [0.25, 0.3) is 10.0 Å². The average molecular weight is 419 g/mol. The zero-order chi connectivity index (χ0) is 17.6. The largest absolute Gasteiger partial charge is 0.306 e. The maximum atomic E-state index is 13.3. The van der Waals surface area contributed by atoms with Gasteiger partial charge in [0.15, 0.2) is 0 Å². The number of benzene rings is 2. The third-order valence-electron chi connectivity index (χ3n) is 4.91. The fraction of sp³-hybridized carbons (Fsp3) is 0.263. The van der Waals surface area contributed by atoms with Gasteiger partial charge < -0.3 is 4.90 Å². The van der Waals surface area contributed by atoms with Crippen molar-refractivity contribution >= 4 is 36.9 Å². The smallest absolute Gasteiger partial charge is 0.269 e. The predicted molar refractivity (Wildman–Crippen MR) is 104 cm³/mol. The van der Waals surface area contributed by atoms with Gasteiger partial charge in [-0.15, -0.1) is 0 Å². The molecule has 1 saturated heterocycles. The van der Waals surface area contributed by atoms with E-state index in [2.05, 4.69) is 27.9 Å². The summed E-state index contributed by atoms with van der Waals surface area (Å²) in [4.78, 5) is 2.57. The van der Waals surface area contributed by atoms with Crippen molar-refractivity contribution in [3.05, 3.63) is 64.8 Å². The number of aromatic nitrogens is 1. The van der Waals surface area contributed by atoms with Crippen LogP contribution in [0.2, 0.25) is 0 Å². The summed E-state index contributed by atoms with van der Waals surface area (Å²) in [7, 11) is -1.55. The van der Waals surface area contributed by atoms with Crippen LogP contribution >= 0.6 is 15.9 Å². The van der Waals surface area contributed by atoms with E-state index in [0.717, 1.165) is 36.0 Å². The van der Waals surface area contributed by atoms with Crippen molar-refractivity contribution in [3.8, 4) is 0 Å². The summed E-state index contributed by atoms with van der Waals surface area (Å²) in [6.07, 6.45) is 2.88. The minimum Gasteiger partial charge on any atom is -0.306 e. The minimum atomic E-state index is -3.66. The molecule has 1 fully saturated rings. The van der Waals surface area contributed by atoms with Crippen LogP contribution < -0.4 is 0 Å². The lowest BCUT2D eigenvalue weighted by Crippen LogP contribution is -2.14. The summed E-state index contributed by atoms with van der Waals surface area (Å²) in [5.41, 5.74) is 1.86. The van der Waals surface area contributed by atoms with Gasteiger partial charge in [0.2, 0.25) is 0 Å². The Morgan fingerprint density at radius 2 is 1.80 bits per heavy atom. The van der Waals surface area contributed by atoms with Crippen molar-refractivity contribution in [2.24, 2.45) is 0 Å². The third kappa shape index (κ3) is 2.82. The van der Waals surface area contributed by atoms with E-state index in [4.69, 9.17) is 0 Å². The van der Waals surface area contributed by atoms with Gasteiger partial charge in [0.05, 0.1) is 5.52 Å². The summed E-state index contributed by atoms with van der Waals surface area (Å²) in [5.74, 6) is 0.366. The first kappa shape index (κ1) is 16.8. The van der Waals surface area contributed by atoms with E-state index < -0.39 is 10.0 Å². The predicted octanol–water partition coefficient (Wildman–Crippen LogP) is 4.06. The summed E-state index contributed by atoms with van der Waals surface area (Å²) < 4.78 is 28.6. The van der Waals surface area contributed by atoms with E-state index >= 15 is 0 Å². The van der Waals surface area contributed by atoms with Crippen LogP contribution in [0, 0.1) is 0 Å². The number of hydrogen-bond acceptors (Lipinski definition) is 3. The van der Waals surface area contributed by atoms with Gasteiger partial charge in [-0.25, -0.2) is 12.4 Å². The van der Waals surface area contributed by atoms with Crippen LogP contribution in [-0.4, -0.2) is 37.4 Å². The Hall–Kier alpha value is -1.63. The topological polar surface area (TPSA) is 42.3 Å². The van der Waals surface area contributed by atoms with Gasteiger partial charge in [0.1, 0.15) is 4.90 Å². The number of hydrogen-bond donors (Lipinski definition) is 0. The second-order valence-corrected chi connectivity index (χ2v) is 9.22. The molecule has 0 spiro atoms. The lowest BCUT2D eigenvalue weighted by molar-refractivity contribution is 0.412. The summed E-state index contributed by atoms with van der Waals surface area (Å²) >= 11 is 3.38. The zero-order valence-corrected chi connectivity index (χ0v) is 16.3. The number of nitrogens with zero attached hydrogens (tertiary/aromatic N) is 2. The highest BCUT2D eigenvalue weighted by molar-refractivity contribution is 9.10. The van der Waals surface area contributed by atoms with Crippen LogP contribution in [0.5, 0.6) is 0 Å². The molecule has 4 nitrogen and oxygen atoms in total. The molecule has 2 aromatic carbocycles. The molecule has 0 radical (unpaired) electrons. The van der Waals surface area contributed by atoms with Gasteiger partial charge in [0, 0.05) is 22.6 Å². The number of halogens is 1. The van der Waals surface area contributed by atoms with Crippen LogP contribution in [0.15, 0.2) is 64.1 Å². The van der Waals surface area contributed by atoms with E-state index in [1.165, 1.54) is 3.97 Å². The maximum absolute atomic E-state index is 13.3. The molecular weight excluding hydrogens is 400 g/mol. The van der Waals surface area contributed by atoms with Gasteiger partial charge in [-0.05, 0) is 65.6 Å². The number of fused-ring (bicyclic) bond motifs is 1. The van der Waals surface area contributed by atoms with E-state index in [0.29, 0.717) is 10.4 Å².